The summed E-state index contributed by atoms with van der Waals surface area (Å²) in [6.45, 7) is 0.353. The van der Waals surface area contributed by atoms with Gasteiger partial charge in [-0.15, -0.1) is 0 Å². The first kappa shape index (κ1) is 18.7. The summed E-state index contributed by atoms with van der Waals surface area (Å²) in [6, 6.07) is 10.9. The van der Waals surface area contributed by atoms with Crippen molar-refractivity contribution in [3.8, 4) is 17.2 Å². The highest BCUT2D eigenvalue weighted by Crippen LogP contribution is 2.40. The van der Waals surface area contributed by atoms with Crippen molar-refractivity contribution in [1.29, 1.82) is 0 Å². The van der Waals surface area contributed by atoms with Gasteiger partial charge in [-0.25, -0.2) is 0 Å². The van der Waals surface area contributed by atoms with Crippen molar-refractivity contribution in [2.45, 2.75) is 6.54 Å². The number of benzene rings is 2. The molecule has 0 radical (unpaired) electrons. The van der Waals surface area contributed by atoms with Crippen LogP contribution in [0.15, 0.2) is 42.5 Å². The summed E-state index contributed by atoms with van der Waals surface area (Å²) in [4.78, 5) is 12.0. The normalized spacial score (nSPS) is 10.6. The highest BCUT2D eigenvalue weighted by molar-refractivity contribution is 6.31. The third kappa shape index (κ3) is 4.67. The number of rotatable bonds is 7. The van der Waals surface area contributed by atoms with Gasteiger partial charge in [0.2, 0.25) is 11.7 Å². The minimum Gasteiger partial charge on any atom is -0.493 e. The predicted octanol–water partition coefficient (Wildman–Crippen LogP) is 3.70. The molecular weight excluding hydrogens is 342 g/mol. The largest absolute Gasteiger partial charge is 0.493 e. The van der Waals surface area contributed by atoms with Gasteiger partial charge >= 0.3 is 0 Å². The summed E-state index contributed by atoms with van der Waals surface area (Å²) in [6.07, 6.45) is 3.09. The molecule has 0 spiro atoms. The first-order valence-electron chi connectivity index (χ1n) is 7.59. The lowest BCUT2D eigenvalue weighted by atomic mass is 10.1. The number of methoxy groups -OCH3 is 3. The number of hydrogen-bond donors (Lipinski definition) is 1. The number of amides is 1. The van der Waals surface area contributed by atoms with E-state index in [0.29, 0.717) is 34.4 Å². The number of carbonyl (C=O) groups excluding carboxylic acids is 1. The van der Waals surface area contributed by atoms with Crippen molar-refractivity contribution in [3.05, 3.63) is 58.6 Å². The summed E-state index contributed by atoms with van der Waals surface area (Å²) in [5.41, 5.74) is 1.56. The number of halogens is 1. The van der Waals surface area contributed by atoms with Crippen LogP contribution in [0.5, 0.6) is 17.2 Å². The van der Waals surface area contributed by atoms with Crippen molar-refractivity contribution >= 4 is 23.6 Å². The van der Waals surface area contributed by atoms with Gasteiger partial charge in [-0.2, -0.15) is 0 Å². The smallest absolute Gasteiger partial charge is 0.244 e. The zero-order chi connectivity index (χ0) is 18.2. The van der Waals surface area contributed by atoms with E-state index in [1.54, 1.807) is 31.4 Å². The monoisotopic (exact) mass is 361 g/mol. The van der Waals surface area contributed by atoms with E-state index in [9.17, 15) is 4.79 Å². The summed E-state index contributed by atoms with van der Waals surface area (Å²) in [7, 11) is 4.62. The maximum Gasteiger partial charge on any atom is 0.244 e. The van der Waals surface area contributed by atoms with Gasteiger partial charge in [-0.1, -0.05) is 29.8 Å². The molecule has 0 fully saturated rings. The highest BCUT2D eigenvalue weighted by atomic mass is 35.5. The van der Waals surface area contributed by atoms with Gasteiger partial charge in [0.15, 0.2) is 11.5 Å². The Labute approximate surface area is 152 Å². The average molecular weight is 362 g/mol. The second-order valence-corrected chi connectivity index (χ2v) is 5.47. The zero-order valence-corrected chi connectivity index (χ0v) is 15.1. The van der Waals surface area contributed by atoms with E-state index in [-0.39, 0.29) is 5.91 Å². The fraction of sp³-hybridized carbons (Fsp3) is 0.211. The molecule has 6 heteroatoms. The van der Waals surface area contributed by atoms with E-state index in [1.165, 1.54) is 20.3 Å². The van der Waals surface area contributed by atoms with Gasteiger partial charge in [0.25, 0.3) is 0 Å². The summed E-state index contributed by atoms with van der Waals surface area (Å²) in [5, 5.41) is 3.41. The molecule has 0 aliphatic rings. The van der Waals surface area contributed by atoms with E-state index < -0.39 is 0 Å². The lowest BCUT2D eigenvalue weighted by Gasteiger charge is -2.14. The Hall–Kier alpha value is -2.66. The molecular formula is C19H20ClNO4. The molecule has 1 amide bonds. The molecule has 0 heterocycles. The summed E-state index contributed by atoms with van der Waals surface area (Å²) >= 11 is 6.07. The van der Waals surface area contributed by atoms with Crippen molar-refractivity contribution in [2.75, 3.05) is 21.3 Å². The molecule has 132 valence electrons. The van der Waals surface area contributed by atoms with Crippen LogP contribution in [0.2, 0.25) is 5.02 Å². The molecule has 5 nitrogen and oxygen atoms in total. The maximum absolute atomic E-state index is 12.0. The molecule has 2 aromatic carbocycles. The SMILES string of the molecule is COc1ccc(/C=C/C(=O)NCc2ccccc2Cl)c(OC)c1OC. The molecule has 0 aliphatic carbocycles. The maximum atomic E-state index is 12.0. The molecule has 2 rings (SSSR count). The Morgan fingerprint density at radius 3 is 2.40 bits per heavy atom. The van der Waals surface area contributed by atoms with Crippen LogP contribution in [0.25, 0.3) is 6.08 Å². The van der Waals surface area contributed by atoms with Gasteiger partial charge < -0.3 is 19.5 Å². The zero-order valence-electron chi connectivity index (χ0n) is 14.3. The van der Waals surface area contributed by atoms with Crippen LogP contribution in [-0.2, 0) is 11.3 Å². The van der Waals surface area contributed by atoms with E-state index >= 15 is 0 Å². The van der Waals surface area contributed by atoms with Crippen LogP contribution in [0.1, 0.15) is 11.1 Å². The van der Waals surface area contributed by atoms with Gasteiger partial charge in [-0.05, 0) is 29.8 Å². The molecule has 0 aliphatic heterocycles. The fourth-order valence-electron chi connectivity index (χ4n) is 2.30. The molecule has 0 saturated carbocycles. The molecule has 0 unspecified atom stereocenters. The second-order valence-electron chi connectivity index (χ2n) is 5.07. The Morgan fingerprint density at radius 1 is 1.04 bits per heavy atom. The van der Waals surface area contributed by atoms with Crippen LogP contribution >= 0.6 is 11.6 Å². The topological polar surface area (TPSA) is 56.8 Å². The fourth-order valence-corrected chi connectivity index (χ4v) is 2.51. The van der Waals surface area contributed by atoms with E-state index in [1.807, 2.05) is 18.2 Å². The van der Waals surface area contributed by atoms with Crippen molar-refractivity contribution < 1.29 is 19.0 Å². The molecule has 0 aromatic heterocycles. The Kier molecular flexibility index (Phi) is 6.71. The van der Waals surface area contributed by atoms with Gasteiger partial charge in [0, 0.05) is 23.2 Å². The molecule has 0 bridgehead atoms. The lowest BCUT2D eigenvalue weighted by molar-refractivity contribution is -0.116. The van der Waals surface area contributed by atoms with Gasteiger partial charge in [-0.3, -0.25) is 4.79 Å². The van der Waals surface area contributed by atoms with Crippen molar-refractivity contribution in [1.82, 2.24) is 5.32 Å². The Bertz CT molecular complexity index is 774. The average Bonchev–Trinajstić information content (AvgIpc) is 2.64. The minimum atomic E-state index is -0.239. The van der Waals surface area contributed by atoms with E-state index in [2.05, 4.69) is 5.32 Å². The molecule has 2 aromatic rings. The molecule has 0 atom stereocenters. The number of nitrogens with one attached hydrogen (secondary N) is 1. The first-order valence-corrected chi connectivity index (χ1v) is 7.96. The highest BCUT2D eigenvalue weighted by Gasteiger charge is 2.14. The quantitative estimate of drug-likeness (QED) is 0.764. The number of ether oxygens (including phenoxy) is 3. The Morgan fingerprint density at radius 2 is 1.76 bits per heavy atom. The minimum absolute atomic E-state index is 0.239. The first-order chi connectivity index (χ1) is 12.1. The van der Waals surface area contributed by atoms with Crippen LogP contribution in [-0.4, -0.2) is 27.2 Å². The van der Waals surface area contributed by atoms with Crippen molar-refractivity contribution in [2.24, 2.45) is 0 Å². The van der Waals surface area contributed by atoms with Crippen LogP contribution < -0.4 is 19.5 Å². The summed E-state index contributed by atoms with van der Waals surface area (Å²) < 4.78 is 15.9. The predicted molar refractivity (Wildman–Crippen MR) is 98.4 cm³/mol. The van der Waals surface area contributed by atoms with Gasteiger partial charge in [0.05, 0.1) is 21.3 Å². The lowest BCUT2D eigenvalue weighted by Crippen LogP contribution is -2.20. The molecule has 25 heavy (non-hydrogen) atoms. The third-order valence-electron chi connectivity index (χ3n) is 3.56. The van der Waals surface area contributed by atoms with E-state index in [4.69, 9.17) is 25.8 Å². The molecule has 1 N–H and O–H groups in total. The number of hydrogen-bond acceptors (Lipinski definition) is 4. The second kappa shape index (κ2) is 8.99. The Balaban J connectivity index is 2.10. The summed E-state index contributed by atoms with van der Waals surface area (Å²) in [5.74, 6) is 1.29. The standard InChI is InChI=1S/C19H20ClNO4/c1-23-16-10-8-13(18(24-2)19(16)25-3)9-11-17(22)21-12-14-6-4-5-7-15(14)20/h4-11H,12H2,1-3H3,(H,21,22)/b11-9+. The third-order valence-corrected chi connectivity index (χ3v) is 3.93. The van der Waals surface area contributed by atoms with Crippen LogP contribution in [0.4, 0.5) is 0 Å². The van der Waals surface area contributed by atoms with Crippen LogP contribution in [0, 0.1) is 0 Å². The molecule has 0 saturated heterocycles. The number of carbonyl (C=O) groups is 1. The van der Waals surface area contributed by atoms with Gasteiger partial charge in [0.1, 0.15) is 0 Å². The van der Waals surface area contributed by atoms with E-state index in [0.717, 1.165) is 5.56 Å². The van der Waals surface area contributed by atoms with Crippen LogP contribution in [0.3, 0.4) is 0 Å². The van der Waals surface area contributed by atoms with Crippen molar-refractivity contribution in [3.63, 3.8) is 0 Å².